The Bertz CT molecular complexity index is 389. The van der Waals surface area contributed by atoms with Gasteiger partial charge in [-0.05, 0) is 17.7 Å². The Kier molecular flexibility index (Phi) is 5.05. The molecule has 0 bridgehead atoms. The first kappa shape index (κ1) is 13.3. The first-order chi connectivity index (χ1) is 7.50. The van der Waals surface area contributed by atoms with Crippen molar-refractivity contribution < 1.29 is 14.3 Å². The van der Waals surface area contributed by atoms with Crippen LogP contribution in [0.25, 0.3) is 0 Å². The summed E-state index contributed by atoms with van der Waals surface area (Å²) in [5.74, 6) is -0.702. The number of hydrogen-bond acceptors (Lipinski definition) is 3. The predicted molar refractivity (Wildman–Crippen MR) is 63.2 cm³/mol. The van der Waals surface area contributed by atoms with Gasteiger partial charge in [-0.1, -0.05) is 17.7 Å². The lowest BCUT2D eigenvalue weighted by molar-refractivity contribution is -0.137. The molecule has 1 rings (SSSR count). The Hall–Kier alpha value is -0.780. The largest absolute Gasteiger partial charge is 0.480 e. The van der Waals surface area contributed by atoms with Gasteiger partial charge in [0, 0.05) is 11.5 Å². The Balaban J connectivity index is 2.43. The molecule has 0 heterocycles. The summed E-state index contributed by atoms with van der Waals surface area (Å²) in [4.78, 5) is 10.4. The lowest BCUT2D eigenvalue weighted by Gasteiger charge is -2.06. The van der Waals surface area contributed by atoms with Gasteiger partial charge in [-0.3, -0.25) is 4.79 Å². The molecule has 0 amide bonds. The van der Waals surface area contributed by atoms with Crippen LogP contribution in [0.5, 0.6) is 0 Å². The molecule has 1 aromatic rings. The number of carboxylic acid groups (broad SMARTS) is 1. The van der Waals surface area contributed by atoms with Crippen molar-refractivity contribution in [2.45, 2.75) is 11.8 Å². The summed E-state index contributed by atoms with van der Waals surface area (Å²) in [5.41, 5.74) is 6.07. The van der Waals surface area contributed by atoms with Crippen molar-refractivity contribution in [3.63, 3.8) is 0 Å². The van der Waals surface area contributed by atoms with Gasteiger partial charge in [0.25, 0.3) is 0 Å². The van der Waals surface area contributed by atoms with Gasteiger partial charge in [0.05, 0.1) is 5.02 Å². The van der Waals surface area contributed by atoms with E-state index in [-0.39, 0.29) is 5.02 Å². The molecule has 16 heavy (non-hydrogen) atoms. The number of hydrogen-bond donors (Lipinski definition) is 2. The molecule has 0 saturated carbocycles. The van der Waals surface area contributed by atoms with Crippen molar-refractivity contribution in [2.24, 2.45) is 5.73 Å². The average molecular weight is 264 g/mol. The molecule has 1 aromatic carbocycles. The van der Waals surface area contributed by atoms with E-state index in [1.54, 1.807) is 6.07 Å². The molecule has 0 unspecified atom stereocenters. The van der Waals surface area contributed by atoms with Crippen LogP contribution in [-0.2, 0) is 10.5 Å². The van der Waals surface area contributed by atoms with Crippen LogP contribution in [0.1, 0.15) is 5.56 Å². The molecule has 3 N–H and O–H groups in total. The van der Waals surface area contributed by atoms with Crippen LogP contribution < -0.4 is 5.73 Å². The molecule has 0 aliphatic carbocycles. The topological polar surface area (TPSA) is 63.3 Å². The third-order valence-electron chi connectivity index (χ3n) is 1.87. The maximum atomic E-state index is 13.0. The SMILES string of the molecule is N[C@H](CSCc1ccc(Cl)c(F)c1)C(=O)O. The van der Waals surface area contributed by atoms with Crippen LogP contribution in [0.4, 0.5) is 4.39 Å². The van der Waals surface area contributed by atoms with Gasteiger partial charge in [0.1, 0.15) is 11.9 Å². The third-order valence-corrected chi connectivity index (χ3v) is 3.31. The van der Waals surface area contributed by atoms with E-state index in [2.05, 4.69) is 0 Å². The fourth-order valence-corrected chi connectivity index (χ4v) is 2.05. The number of halogens is 2. The summed E-state index contributed by atoms with van der Waals surface area (Å²) in [6.07, 6.45) is 0. The monoisotopic (exact) mass is 263 g/mol. The lowest BCUT2D eigenvalue weighted by atomic mass is 10.2. The first-order valence-corrected chi connectivity index (χ1v) is 6.04. The molecule has 0 aromatic heterocycles. The summed E-state index contributed by atoms with van der Waals surface area (Å²) in [7, 11) is 0. The van der Waals surface area contributed by atoms with E-state index >= 15 is 0 Å². The standard InChI is InChI=1S/C10H11ClFNO2S/c11-7-2-1-6(3-8(7)12)4-16-5-9(13)10(14)15/h1-3,9H,4-5,13H2,(H,14,15)/t9-/m1/s1. The van der Waals surface area contributed by atoms with Crippen molar-refractivity contribution in [3.8, 4) is 0 Å². The second-order valence-electron chi connectivity index (χ2n) is 3.21. The molecule has 0 aliphatic rings. The van der Waals surface area contributed by atoms with E-state index in [1.165, 1.54) is 23.9 Å². The highest BCUT2D eigenvalue weighted by atomic mass is 35.5. The Morgan fingerprint density at radius 1 is 1.62 bits per heavy atom. The van der Waals surface area contributed by atoms with Crippen LogP contribution >= 0.6 is 23.4 Å². The first-order valence-electron chi connectivity index (χ1n) is 4.50. The van der Waals surface area contributed by atoms with E-state index < -0.39 is 17.8 Å². The summed E-state index contributed by atoms with van der Waals surface area (Å²) in [6, 6.07) is 3.62. The van der Waals surface area contributed by atoms with Gasteiger partial charge in [-0.15, -0.1) is 0 Å². The maximum absolute atomic E-state index is 13.0. The fourth-order valence-electron chi connectivity index (χ4n) is 1.00. The van der Waals surface area contributed by atoms with Crippen molar-refractivity contribution in [2.75, 3.05) is 5.75 Å². The molecule has 88 valence electrons. The van der Waals surface area contributed by atoms with Gasteiger partial charge in [-0.25, -0.2) is 4.39 Å². The summed E-state index contributed by atoms with van der Waals surface area (Å²) in [6.45, 7) is 0. The molecule has 0 spiro atoms. The Morgan fingerprint density at radius 2 is 2.31 bits per heavy atom. The van der Waals surface area contributed by atoms with Crippen molar-refractivity contribution in [3.05, 3.63) is 34.6 Å². The highest BCUT2D eigenvalue weighted by Gasteiger charge is 2.11. The van der Waals surface area contributed by atoms with E-state index in [1.807, 2.05) is 0 Å². The van der Waals surface area contributed by atoms with Crippen molar-refractivity contribution >= 4 is 29.3 Å². The number of rotatable bonds is 5. The molecular weight excluding hydrogens is 253 g/mol. The van der Waals surface area contributed by atoms with Gasteiger partial charge in [0.2, 0.25) is 0 Å². The fraction of sp³-hybridized carbons (Fsp3) is 0.300. The maximum Gasteiger partial charge on any atom is 0.321 e. The zero-order chi connectivity index (χ0) is 12.1. The van der Waals surface area contributed by atoms with E-state index in [4.69, 9.17) is 22.4 Å². The predicted octanol–water partition coefficient (Wildman–Crippen LogP) is 2.12. The van der Waals surface area contributed by atoms with Crippen LogP contribution in [0, 0.1) is 5.82 Å². The summed E-state index contributed by atoms with van der Waals surface area (Å²) >= 11 is 6.87. The highest BCUT2D eigenvalue weighted by molar-refractivity contribution is 7.98. The normalized spacial score (nSPS) is 12.4. The van der Waals surface area contributed by atoms with Crippen molar-refractivity contribution in [1.82, 2.24) is 0 Å². The highest BCUT2D eigenvalue weighted by Crippen LogP contribution is 2.19. The molecule has 0 aliphatic heterocycles. The minimum absolute atomic E-state index is 0.0796. The van der Waals surface area contributed by atoms with Crippen LogP contribution in [0.15, 0.2) is 18.2 Å². The molecular formula is C10H11ClFNO2S. The molecule has 6 heteroatoms. The van der Waals surface area contributed by atoms with E-state index in [0.717, 1.165) is 5.56 Å². The van der Waals surface area contributed by atoms with Crippen LogP contribution in [0.3, 0.4) is 0 Å². The summed E-state index contributed by atoms with van der Waals surface area (Å²) < 4.78 is 13.0. The summed E-state index contributed by atoms with van der Waals surface area (Å²) in [5, 5.41) is 8.62. The van der Waals surface area contributed by atoms with Gasteiger partial charge < -0.3 is 10.8 Å². The molecule has 1 atom stereocenters. The Morgan fingerprint density at radius 3 is 2.88 bits per heavy atom. The molecule has 3 nitrogen and oxygen atoms in total. The molecule has 0 saturated heterocycles. The second-order valence-corrected chi connectivity index (χ2v) is 4.65. The number of carbonyl (C=O) groups is 1. The van der Waals surface area contributed by atoms with Gasteiger partial charge in [0.15, 0.2) is 0 Å². The van der Waals surface area contributed by atoms with Crippen molar-refractivity contribution in [1.29, 1.82) is 0 Å². The van der Waals surface area contributed by atoms with E-state index in [0.29, 0.717) is 11.5 Å². The smallest absolute Gasteiger partial charge is 0.321 e. The number of carboxylic acids is 1. The minimum atomic E-state index is -1.03. The lowest BCUT2D eigenvalue weighted by Crippen LogP contribution is -2.32. The van der Waals surface area contributed by atoms with Crippen LogP contribution in [-0.4, -0.2) is 22.9 Å². The third kappa shape index (κ3) is 4.00. The Labute approximate surface area is 102 Å². The average Bonchev–Trinajstić information content (AvgIpc) is 2.23. The number of nitrogens with two attached hydrogens (primary N) is 1. The quantitative estimate of drug-likeness (QED) is 0.854. The number of benzene rings is 1. The van der Waals surface area contributed by atoms with Gasteiger partial charge >= 0.3 is 5.97 Å². The minimum Gasteiger partial charge on any atom is -0.480 e. The number of aliphatic carboxylic acids is 1. The zero-order valence-electron chi connectivity index (χ0n) is 8.32. The van der Waals surface area contributed by atoms with Crippen LogP contribution in [0.2, 0.25) is 5.02 Å². The van der Waals surface area contributed by atoms with Gasteiger partial charge in [-0.2, -0.15) is 11.8 Å². The second kappa shape index (κ2) is 6.08. The zero-order valence-corrected chi connectivity index (χ0v) is 9.89. The number of thioether (sulfide) groups is 1. The molecule has 0 radical (unpaired) electrons. The van der Waals surface area contributed by atoms with E-state index in [9.17, 15) is 9.18 Å². The molecule has 0 fully saturated rings.